The Balaban J connectivity index is 1.80. The SMILES string of the molecule is COC(=O)c1ccc(-c2noc([C@H]3CCS(=O)(=O)C3)n2)cc1. The molecule has 0 aliphatic carbocycles. The average molecular weight is 322 g/mol. The number of sulfone groups is 1. The third kappa shape index (κ3) is 2.87. The second kappa shape index (κ2) is 5.53. The summed E-state index contributed by atoms with van der Waals surface area (Å²) in [6, 6.07) is 6.59. The first-order chi connectivity index (χ1) is 10.5. The molecule has 0 amide bonds. The van der Waals surface area contributed by atoms with Crippen LogP contribution in [0.5, 0.6) is 0 Å². The van der Waals surface area contributed by atoms with E-state index in [1.807, 2.05) is 0 Å². The molecule has 0 N–H and O–H groups in total. The van der Waals surface area contributed by atoms with Crippen molar-refractivity contribution in [3.63, 3.8) is 0 Å². The van der Waals surface area contributed by atoms with Gasteiger partial charge in [0, 0.05) is 5.56 Å². The highest BCUT2D eigenvalue weighted by atomic mass is 32.2. The first kappa shape index (κ1) is 14.7. The average Bonchev–Trinajstić information content (AvgIpc) is 3.13. The van der Waals surface area contributed by atoms with Crippen molar-refractivity contribution in [1.82, 2.24) is 10.1 Å². The van der Waals surface area contributed by atoms with Crippen molar-refractivity contribution < 1.29 is 22.5 Å². The van der Waals surface area contributed by atoms with Gasteiger partial charge >= 0.3 is 5.97 Å². The van der Waals surface area contributed by atoms with E-state index in [-0.39, 0.29) is 17.4 Å². The number of ether oxygens (including phenoxy) is 1. The fourth-order valence-corrected chi connectivity index (χ4v) is 4.11. The molecule has 2 heterocycles. The van der Waals surface area contributed by atoms with E-state index >= 15 is 0 Å². The van der Waals surface area contributed by atoms with E-state index in [1.165, 1.54) is 7.11 Å². The Morgan fingerprint density at radius 3 is 2.64 bits per heavy atom. The lowest BCUT2D eigenvalue weighted by molar-refractivity contribution is 0.0600. The molecule has 7 nitrogen and oxygen atoms in total. The molecule has 0 saturated carbocycles. The fourth-order valence-electron chi connectivity index (χ4n) is 2.38. The molecule has 1 fully saturated rings. The summed E-state index contributed by atoms with van der Waals surface area (Å²) in [7, 11) is -1.68. The zero-order valence-corrected chi connectivity index (χ0v) is 12.7. The van der Waals surface area contributed by atoms with E-state index in [9.17, 15) is 13.2 Å². The Bertz CT molecular complexity index is 795. The summed E-state index contributed by atoms with van der Waals surface area (Å²) >= 11 is 0. The van der Waals surface area contributed by atoms with Crippen LogP contribution in [0.2, 0.25) is 0 Å². The Morgan fingerprint density at radius 2 is 2.05 bits per heavy atom. The van der Waals surface area contributed by atoms with E-state index in [0.29, 0.717) is 29.3 Å². The zero-order valence-electron chi connectivity index (χ0n) is 11.9. The largest absolute Gasteiger partial charge is 0.465 e. The van der Waals surface area contributed by atoms with Gasteiger partial charge in [0.2, 0.25) is 11.7 Å². The second-order valence-corrected chi connectivity index (χ2v) is 7.35. The van der Waals surface area contributed by atoms with Crippen molar-refractivity contribution in [1.29, 1.82) is 0 Å². The summed E-state index contributed by atoms with van der Waals surface area (Å²) in [6.45, 7) is 0. The fraction of sp³-hybridized carbons (Fsp3) is 0.357. The summed E-state index contributed by atoms with van der Waals surface area (Å²) in [5, 5.41) is 3.88. The molecule has 0 spiro atoms. The van der Waals surface area contributed by atoms with Gasteiger partial charge in [-0.1, -0.05) is 17.3 Å². The Morgan fingerprint density at radius 1 is 1.32 bits per heavy atom. The zero-order chi connectivity index (χ0) is 15.7. The highest BCUT2D eigenvalue weighted by molar-refractivity contribution is 7.91. The number of hydrogen-bond donors (Lipinski definition) is 0. The first-order valence-electron chi connectivity index (χ1n) is 6.71. The summed E-state index contributed by atoms with van der Waals surface area (Å²) in [4.78, 5) is 15.6. The lowest BCUT2D eigenvalue weighted by Crippen LogP contribution is -2.04. The molecule has 1 aromatic heterocycles. The summed E-state index contributed by atoms with van der Waals surface area (Å²) in [5.74, 6) is 0.264. The number of hydrogen-bond acceptors (Lipinski definition) is 7. The first-order valence-corrected chi connectivity index (χ1v) is 8.53. The third-order valence-electron chi connectivity index (χ3n) is 3.59. The molecule has 116 valence electrons. The number of rotatable bonds is 3. The number of benzene rings is 1. The van der Waals surface area contributed by atoms with E-state index < -0.39 is 15.8 Å². The number of methoxy groups -OCH3 is 1. The van der Waals surface area contributed by atoms with E-state index in [4.69, 9.17) is 4.52 Å². The smallest absolute Gasteiger partial charge is 0.337 e. The standard InChI is InChI=1S/C14H14N2O5S/c1-20-14(17)10-4-2-9(3-5-10)12-15-13(21-16-12)11-6-7-22(18,19)8-11/h2-5,11H,6-8H2,1H3/t11-/m0/s1. The van der Waals surface area contributed by atoms with Crippen LogP contribution in [0, 0.1) is 0 Å². The topological polar surface area (TPSA) is 99.4 Å². The minimum absolute atomic E-state index is 0.0515. The molecular weight excluding hydrogens is 308 g/mol. The molecule has 0 bridgehead atoms. The van der Waals surface area contributed by atoms with Crippen LogP contribution in [0.1, 0.15) is 28.6 Å². The predicted molar refractivity (Wildman–Crippen MR) is 77.1 cm³/mol. The normalized spacial score (nSPS) is 20.0. The minimum Gasteiger partial charge on any atom is -0.465 e. The Kier molecular flexibility index (Phi) is 3.69. The van der Waals surface area contributed by atoms with Crippen LogP contribution < -0.4 is 0 Å². The van der Waals surface area contributed by atoms with Crippen molar-refractivity contribution in [3.8, 4) is 11.4 Å². The second-order valence-electron chi connectivity index (χ2n) is 5.13. The number of aromatic nitrogens is 2. The van der Waals surface area contributed by atoms with Crippen LogP contribution in [0.25, 0.3) is 11.4 Å². The molecule has 1 aliphatic heterocycles. The number of esters is 1. The summed E-state index contributed by atoms with van der Waals surface area (Å²) in [6.07, 6.45) is 0.505. The minimum atomic E-state index is -3.00. The monoisotopic (exact) mass is 322 g/mol. The lowest BCUT2D eigenvalue weighted by atomic mass is 10.1. The van der Waals surface area contributed by atoms with Crippen molar-refractivity contribution in [2.45, 2.75) is 12.3 Å². The lowest BCUT2D eigenvalue weighted by Gasteiger charge is -2.00. The Labute approximate surface area is 127 Å². The highest BCUT2D eigenvalue weighted by Crippen LogP contribution is 2.29. The maximum Gasteiger partial charge on any atom is 0.337 e. The van der Waals surface area contributed by atoms with Crippen LogP contribution in [-0.2, 0) is 14.6 Å². The van der Waals surface area contributed by atoms with Crippen molar-refractivity contribution in [2.24, 2.45) is 0 Å². The van der Waals surface area contributed by atoms with Gasteiger partial charge in [-0.05, 0) is 18.6 Å². The van der Waals surface area contributed by atoms with Gasteiger partial charge in [-0.15, -0.1) is 0 Å². The molecular formula is C14H14N2O5S. The predicted octanol–water partition coefficient (Wildman–Crippen LogP) is 1.43. The molecule has 1 aromatic carbocycles. The van der Waals surface area contributed by atoms with Crippen molar-refractivity contribution >= 4 is 15.8 Å². The number of carbonyl (C=O) groups excluding carboxylic acids is 1. The van der Waals surface area contributed by atoms with Crippen molar-refractivity contribution in [2.75, 3.05) is 18.6 Å². The molecule has 0 unspecified atom stereocenters. The van der Waals surface area contributed by atoms with Crippen LogP contribution in [-0.4, -0.2) is 43.1 Å². The van der Waals surface area contributed by atoms with E-state index in [0.717, 1.165) is 0 Å². The molecule has 1 aliphatic rings. The van der Waals surface area contributed by atoms with Gasteiger partial charge < -0.3 is 9.26 Å². The molecule has 22 heavy (non-hydrogen) atoms. The quantitative estimate of drug-likeness (QED) is 0.788. The summed E-state index contributed by atoms with van der Waals surface area (Å²) in [5.41, 5.74) is 1.11. The van der Waals surface area contributed by atoms with Gasteiger partial charge in [0.05, 0.1) is 30.1 Å². The maximum absolute atomic E-state index is 11.5. The highest BCUT2D eigenvalue weighted by Gasteiger charge is 2.33. The molecule has 2 aromatic rings. The molecule has 1 saturated heterocycles. The molecule has 8 heteroatoms. The van der Waals surface area contributed by atoms with E-state index in [2.05, 4.69) is 14.9 Å². The van der Waals surface area contributed by atoms with Gasteiger partial charge in [-0.25, -0.2) is 13.2 Å². The third-order valence-corrected chi connectivity index (χ3v) is 5.36. The number of carbonyl (C=O) groups is 1. The van der Waals surface area contributed by atoms with Crippen LogP contribution in [0.4, 0.5) is 0 Å². The van der Waals surface area contributed by atoms with Gasteiger partial charge in [-0.2, -0.15) is 4.98 Å². The van der Waals surface area contributed by atoms with Gasteiger partial charge in [0.25, 0.3) is 0 Å². The van der Waals surface area contributed by atoms with E-state index in [1.54, 1.807) is 24.3 Å². The van der Waals surface area contributed by atoms with Gasteiger partial charge in [-0.3, -0.25) is 0 Å². The van der Waals surface area contributed by atoms with Gasteiger partial charge in [0.1, 0.15) is 0 Å². The molecule has 1 atom stereocenters. The summed E-state index contributed by atoms with van der Waals surface area (Å²) < 4.78 is 32.8. The maximum atomic E-state index is 11.5. The number of nitrogens with zero attached hydrogens (tertiary/aromatic N) is 2. The molecule has 3 rings (SSSR count). The van der Waals surface area contributed by atoms with Crippen LogP contribution >= 0.6 is 0 Å². The van der Waals surface area contributed by atoms with Crippen molar-refractivity contribution in [3.05, 3.63) is 35.7 Å². The Hall–Kier alpha value is -2.22. The molecule has 0 radical (unpaired) electrons. The van der Waals surface area contributed by atoms with Gasteiger partial charge in [0.15, 0.2) is 9.84 Å². The van der Waals surface area contributed by atoms with Crippen LogP contribution in [0.15, 0.2) is 28.8 Å². The van der Waals surface area contributed by atoms with Crippen LogP contribution in [0.3, 0.4) is 0 Å².